The number of nitrogens with one attached hydrogen (secondary N) is 1. The number of rotatable bonds is 6. The second-order valence-corrected chi connectivity index (χ2v) is 9.23. The molecule has 2 amide bonds. The number of piperidine rings is 1. The fourth-order valence-electron chi connectivity index (χ4n) is 4.54. The standard InChI is InChI=1S/C26H33N3O3/c1-18-10-12-28(13-11-18)16-20-5-7-22(8-6-20)27-26(31)21-15-25(30)29(17-21)23-14-19(2)4-9-24(23)32-3/h4-9,14,18,21H,10-13,15-17H2,1-3H3,(H,27,31). The molecule has 2 heterocycles. The number of carbonyl (C=O) groups excluding carboxylic acids is 2. The average molecular weight is 436 g/mol. The summed E-state index contributed by atoms with van der Waals surface area (Å²) in [6, 6.07) is 13.8. The largest absolute Gasteiger partial charge is 0.495 e. The first-order valence-electron chi connectivity index (χ1n) is 11.5. The minimum Gasteiger partial charge on any atom is -0.495 e. The quantitative estimate of drug-likeness (QED) is 0.738. The molecule has 2 aromatic rings. The van der Waals surface area contributed by atoms with E-state index in [4.69, 9.17) is 4.74 Å². The lowest BCUT2D eigenvalue weighted by Gasteiger charge is -2.30. The van der Waals surface area contributed by atoms with E-state index in [1.54, 1.807) is 12.0 Å². The van der Waals surface area contributed by atoms with Gasteiger partial charge in [0.05, 0.1) is 18.7 Å². The average Bonchev–Trinajstić information content (AvgIpc) is 3.18. The van der Waals surface area contributed by atoms with E-state index in [1.807, 2.05) is 37.3 Å². The van der Waals surface area contributed by atoms with Gasteiger partial charge in [-0.15, -0.1) is 0 Å². The molecule has 1 atom stereocenters. The van der Waals surface area contributed by atoms with Gasteiger partial charge in [-0.25, -0.2) is 0 Å². The second-order valence-electron chi connectivity index (χ2n) is 9.23. The van der Waals surface area contributed by atoms with Crippen LogP contribution < -0.4 is 15.0 Å². The van der Waals surface area contributed by atoms with Crippen molar-refractivity contribution in [3.63, 3.8) is 0 Å². The Kier molecular flexibility index (Phi) is 6.80. The van der Waals surface area contributed by atoms with Gasteiger partial charge in [0.15, 0.2) is 0 Å². The summed E-state index contributed by atoms with van der Waals surface area (Å²) in [5, 5.41) is 2.99. The zero-order valence-electron chi connectivity index (χ0n) is 19.3. The van der Waals surface area contributed by atoms with Crippen molar-refractivity contribution in [3.8, 4) is 5.75 Å². The van der Waals surface area contributed by atoms with Gasteiger partial charge in [0, 0.05) is 25.2 Å². The highest BCUT2D eigenvalue weighted by Crippen LogP contribution is 2.34. The van der Waals surface area contributed by atoms with E-state index in [9.17, 15) is 9.59 Å². The van der Waals surface area contributed by atoms with Crippen LogP contribution in [0.4, 0.5) is 11.4 Å². The molecule has 2 fully saturated rings. The lowest BCUT2D eigenvalue weighted by atomic mass is 9.99. The van der Waals surface area contributed by atoms with Gasteiger partial charge in [-0.3, -0.25) is 14.5 Å². The maximum absolute atomic E-state index is 12.9. The van der Waals surface area contributed by atoms with Crippen molar-refractivity contribution in [2.24, 2.45) is 11.8 Å². The molecule has 6 nitrogen and oxygen atoms in total. The molecule has 0 bridgehead atoms. The summed E-state index contributed by atoms with van der Waals surface area (Å²) in [6.45, 7) is 7.91. The summed E-state index contributed by atoms with van der Waals surface area (Å²) in [4.78, 5) is 29.7. The fourth-order valence-corrected chi connectivity index (χ4v) is 4.54. The first-order valence-corrected chi connectivity index (χ1v) is 11.5. The number of anilines is 2. The fraction of sp³-hybridized carbons (Fsp3) is 0.462. The molecule has 0 spiro atoms. The maximum Gasteiger partial charge on any atom is 0.229 e. The molecule has 6 heteroatoms. The summed E-state index contributed by atoms with van der Waals surface area (Å²) < 4.78 is 5.43. The van der Waals surface area contributed by atoms with Crippen LogP contribution in [0.25, 0.3) is 0 Å². The van der Waals surface area contributed by atoms with Crippen molar-refractivity contribution in [3.05, 3.63) is 53.6 Å². The van der Waals surface area contributed by atoms with E-state index >= 15 is 0 Å². The van der Waals surface area contributed by atoms with Crippen LogP contribution in [0.3, 0.4) is 0 Å². The lowest BCUT2D eigenvalue weighted by Crippen LogP contribution is -2.32. The zero-order chi connectivity index (χ0) is 22.7. The maximum atomic E-state index is 12.9. The Morgan fingerprint density at radius 3 is 2.53 bits per heavy atom. The minimum atomic E-state index is -0.386. The summed E-state index contributed by atoms with van der Waals surface area (Å²) in [5.74, 6) is 0.909. The Hall–Kier alpha value is -2.86. The molecule has 0 radical (unpaired) electrons. The van der Waals surface area contributed by atoms with Crippen LogP contribution >= 0.6 is 0 Å². The summed E-state index contributed by atoms with van der Waals surface area (Å²) in [5.41, 5.74) is 3.79. The number of carbonyl (C=O) groups is 2. The van der Waals surface area contributed by atoms with Crippen molar-refractivity contribution in [1.82, 2.24) is 4.90 Å². The summed E-state index contributed by atoms with van der Waals surface area (Å²) in [6.07, 6.45) is 2.73. The molecule has 2 saturated heterocycles. The second kappa shape index (κ2) is 9.74. The molecular formula is C26H33N3O3. The van der Waals surface area contributed by atoms with E-state index in [1.165, 1.54) is 18.4 Å². The molecule has 0 aliphatic carbocycles. The molecular weight excluding hydrogens is 402 g/mol. The van der Waals surface area contributed by atoms with Crippen LogP contribution in [0.5, 0.6) is 5.75 Å². The Balaban J connectivity index is 1.35. The number of amides is 2. The molecule has 1 N–H and O–H groups in total. The van der Waals surface area contributed by atoms with Gasteiger partial charge < -0.3 is 15.0 Å². The molecule has 32 heavy (non-hydrogen) atoms. The highest BCUT2D eigenvalue weighted by atomic mass is 16.5. The van der Waals surface area contributed by atoms with E-state index in [0.717, 1.165) is 42.5 Å². The molecule has 0 aromatic heterocycles. The van der Waals surface area contributed by atoms with Crippen LogP contribution in [-0.4, -0.2) is 43.5 Å². The normalized spacial score (nSPS) is 19.9. The van der Waals surface area contributed by atoms with Crippen molar-refractivity contribution >= 4 is 23.2 Å². The van der Waals surface area contributed by atoms with Crippen LogP contribution in [0.15, 0.2) is 42.5 Å². The predicted molar refractivity (Wildman–Crippen MR) is 127 cm³/mol. The van der Waals surface area contributed by atoms with Gasteiger partial charge in [-0.2, -0.15) is 0 Å². The minimum absolute atomic E-state index is 0.0553. The Morgan fingerprint density at radius 2 is 1.84 bits per heavy atom. The molecule has 0 saturated carbocycles. The number of benzene rings is 2. The number of methoxy groups -OCH3 is 1. The van der Waals surface area contributed by atoms with E-state index in [-0.39, 0.29) is 24.2 Å². The topological polar surface area (TPSA) is 61.9 Å². The van der Waals surface area contributed by atoms with Gasteiger partial charge in [0.25, 0.3) is 0 Å². The van der Waals surface area contributed by atoms with E-state index in [2.05, 4.69) is 29.3 Å². The molecule has 1 unspecified atom stereocenters. The lowest BCUT2D eigenvalue weighted by molar-refractivity contribution is -0.122. The van der Waals surface area contributed by atoms with E-state index in [0.29, 0.717) is 12.3 Å². The Bertz CT molecular complexity index is 965. The first-order chi connectivity index (χ1) is 15.4. The number of hydrogen-bond donors (Lipinski definition) is 1. The first kappa shape index (κ1) is 22.3. The van der Waals surface area contributed by atoms with Gasteiger partial charge in [0.2, 0.25) is 11.8 Å². The molecule has 4 rings (SSSR count). The molecule has 170 valence electrons. The van der Waals surface area contributed by atoms with E-state index < -0.39 is 0 Å². The number of nitrogens with zero attached hydrogens (tertiary/aromatic N) is 2. The molecule has 2 aliphatic rings. The van der Waals surface area contributed by atoms with Crippen molar-refractivity contribution in [2.45, 2.75) is 39.7 Å². The van der Waals surface area contributed by atoms with Crippen LogP contribution in [0.1, 0.15) is 37.3 Å². The highest BCUT2D eigenvalue weighted by molar-refractivity contribution is 6.04. The smallest absolute Gasteiger partial charge is 0.229 e. The number of ether oxygens (including phenoxy) is 1. The molecule has 2 aromatic carbocycles. The summed E-state index contributed by atoms with van der Waals surface area (Å²) in [7, 11) is 1.59. The third-order valence-electron chi connectivity index (χ3n) is 6.62. The third-order valence-corrected chi connectivity index (χ3v) is 6.62. The van der Waals surface area contributed by atoms with Crippen molar-refractivity contribution in [2.75, 3.05) is 37.0 Å². The Morgan fingerprint density at radius 1 is 1.12 bits per heavy atom. The van der Waals surface area contributed by atoms with Crippen LogP contribution in [-0.2, 0) is 16.1 Å². The van der Waals surface area contributed by atoms with Crippen LogP contribution in [0.2, 0.25) is 0 Å². The number of likely N-dealkylation sites (tertiary alicyclic amines) is 1. The number of aryl methyl sites for hydroxylation is 1. The van der Waals surface area contributed by atoms with Gasteiger partial charge in [-0.05, 0) is 74.2 Å². The highest BCUT2D eigenvalue weighted by Gasteiger charge is 2.36. The molecule has 2 aliphatic heterocycles. The van der Waals surface area contributed by atoms with Crippen LogP contribution in [0, 0.1) is 18.8 Å². The monoisotopic (exact) mass is 435 g/mol. The van der Waals surface area contributed by atoms with Crippen molar-refractivity contribution < 1.29 is 14.3 Å². The number of hydrogen-bond acceptors (Lipinski definition) is 4. The SMILES string of the molecule is COc1ccc(C)cc1N1CC(C(=O)Nc2ccc(CN3CCC(C)CC3)cc2)CC1=O. The zero-order valence-corrected chi connectivity index (χ0v) is 19.3. The summed E-state index contributed by atoms with van der Waals surface area (Å²) >= 11 is 0. The van der Waals surface area contributed by atoms with Crippen molar-refractivity contribution in [1.29, 1.82) is 0 Å². The van der Waals surface area contributed by atoms with Gasteiger partial charge >= 0.3 is 0 Å². The Labute approximate surface area is 190 Å². The van der Waals surface area contributed by atoms with Gasteiger partial charge in [0.1, 0.15) is 5.75 Å². The van der Waals surface area contributed by atoms with Gasteiger partial charge in [-0.1, -0.05) is 25.1 Å². The predicted octanol–water partition coefficient (Wildman–Crippen LogP) is 4.23. The third kappa shape index (κ3) is 5.13.